The van der Waals surface area contributed by atoms with Gasteiger partial charge in [-0.2, -0.15) is 0 Å². The minimum atomic E-state index is -0.353. The second-order valence-electron chi connectivity index (χ2n) is 3.97. The zero-order valence-corrected chi connectivity index (χ0v) is 14.0. The number of hydrogen-bond donors (Lipinski definition) is 1. The van der Waals surface area contributed by atoms with Crippen LogP contribution in [0.1, 0.15) is 5.69 Å². The average molecular weight is 405 g/mol. The molecule has 1 aromatic carbocycles. The minimum absolute atomic E-state index is 0.337. The van der Waals surface area contributed by atoms with Gasteiger partial charge in [-0.15, -0.1) is 0 Å². The fourth-order valence-electron chi connectivity index (χ4n) is 1.66. The molecule has 1 aromatic heterocycles. The summed E-state index contributed by atoms with van der Waals surface area (Å²) in [6.45, 7) is 0.337. The highest BCUT2D eigenvalue weighted by molar-refractivity contribution is 9.11. The van der Waals surface area contributed by atoms with Crippen LogP contribution in [-0.2, 0) is 11.3 Å². The lowest BCUT2D eigenvalue weighted by Gasteiger charge is -2.11. The van der Waals surface area contributed by atoms with Gasteiger partial charge >= 0.3 is 0 Å². The number of anilines is 1. The van der Waals surface area contributed by atoms with Crippen LogP contribution in [0.2, 0.25) is 0 Å². The van der Waals surface area contributed by atoms with Crippen molar-refractivity contribution in [3.8, 4) is 11.4 Å². The van der Waals surface area contributed by atoms with E-state index in [-0.39, 0.29) is 5.82 Å². The summed E-state index contributed by atoms with van der Waals surface area (Å²) in [5.41, 5.74) is 1.30. The molecule has 0 fully saturated rings. The maximum absolute atomic E-state index is 13.6. The molecule has 0 aliphatic heterocycles. The molecular formula is C13H12Br2FN3O. The van der Waals surface area contributed by atoms with Crippen LogP contribution in [0, 0.1) is 5.82 Å². The Balaban J connectivity index is 2.55. The van der Waals surface area contributed by atoms with Gasteiger partial charge in [0.1, 0.15) is 11.6 Å². The number of benzene rings is 1. The molecule has 4 nitrogen and oxygen atoms in total. The molecule has 0 radical (unpaired) electrons. The highest BCUT2D eigenvalue weighted by Crippen LogP contribution is 2.28. The van der Waals surface area contributed by atoms with Crippen LogP contribution in [0.3, 0.4) is 0 Å². The summed E-state index contributed by atoms with van der Waals surface area (Å²) < 4.78 is 19.9. The Hall–Kier alpha value is -1.05. The molecule has 1 heterocycles. The second kappa shape index (κ2) is 6.60. The molecule has 0 aliphatic rings. The number of rotatable bonds is 4. The molecule has 20 heavy (non-hydrogen) atoms. The van der Waals surface area contributed by atoms with Crippen LogP contribution in [0.25, 0.3) is 11.4 Å². The van der Waals surface area contributed by atoms with E-state index in [1.807, 2.05) is 0 Å². The van der Waals surface area contributed by atoms with E-state index in [9.17, 15) is 4.39 Å². The number of ether oxygens (including phenoxy) is 1. The highest BCUT2D eigenvalue weighted by atomic mass is 79.9. The van der Waals surface area contributed by atoms with Gasteiger partial charge in [0, 0.05) is 19.7 Å². The Morgan fingerprint density at radius 1 is 1.30 bits per heavy atom. The zero-order valence-electron chi connectivity index (χ0n) is 10.9. The average Bonchev–Trinajstić information content (AvgIpc) is 2.44. The van der Waals surface area contributed by atoms with Crippen LogP contribution in [0.15, 0.2) is 27.1 Å². The predicted molar refractivity (Wildman–Crippen MR) is 83.1 cm³/mol. The van der Waals surface area contributed by atoms with Crippen LogP contribution in [-0.4, -0.2) is 24.1 Å². The number of hydrogen-bond acceptors (Lipinski definition) is 4. The molecule has 0 amide bonds. The molecule has 0 bridgehead atoms. The van der Waals surface area contributed by atoms with Crippen molar-refractivity contribution in [2.24, 2.45) is 0 Å². The number of nitrogens with zero attached hydrogens (tertiary/aromatic N) is 2. The first-order valence-corrected chi connectivity index (χ1v) is 7.34. The lowest BCUT2D eigenvalue weighted by molar-refractivity contribution is 0.181. The smallest absolute Gasteiger partial charge is 0.162 e. The van der Waals surface area contributed by atoms with Gasteiger partial charge in [0.15, 0.2) is 5.82 Å². The lowest BCUT2D eigenvalue weighted by Crippen LogP contribution is -2.04. The van der Waals surface area contributed by atoms with Crippen molar-refractivity contribution in [3.05, 3.63) is 38.7 Å². The van der Waals surface area contributed by atoms with Crippen LogP contribution < -0.4 is 5.32 Å². The van der Waals surface area contributed by atoms with Gasteiger partial charge < -0.3 is 10.1 Å². The van der Waals surface area contributed by atoms with E-state index in [1.54, 1.807) is 26.3 Å². The largest absolute Gasteiger partial charge is 0.378 e. The number of methoxy groups -OCH3 is 1. The van der Waals surface area contributed by atoms with Crippen molar-refractivity contribution >= 4 is 37.7 Å². The van der Waals surface area contributed by atoms with Gasteiger partial charge in [-0.25, -0.2) is 14.4 Å². The summed E-state index contributed by atoms with van der Waals surface area (Å²) in [5.74, 6) is 0.717. The Morgan fingerprint density at radius 3 is 2.65 bits per heavy atom. The number of aromatic nitrogens is 2. The van der Waals surface area contributed by atoms with E-state index in [0.717, 1.165) is 4.47 Å². The van der Waals surface area contributed by atoms with E-state index in [0.29, 0.717) is 34.0 Å². The van der Waals surface area contributed by atoms with E-state index >= 15 is 0 Å². The first kappa shape index (κ1) is 15.3. The molecule has 0 unspecified atom stereocenters. The van der Waals surface area contributed by atoms with Gasteiger partial charge in [0.25, 0.3) is 0 Å². The quantitative estimate of drug-likeness (QED) is 0.836. The fraction of sp³-hybridized carbons (Fsp3) is 0.231. The normalized spacial score (nSPS) is 10.7. The summed E-state index contributed by atoms with van der Waals surface area (Å²) in [5, 5.41) is 2.97. The standard InChI is InChI=1S/C13H12Br2FN3O/c1-17-13-11(15)10(6-20-2)18-12(19-13)7-3-4-8(14)9(16)5-7/h3-5H,6H2,1-2H3,(H,17,18,19). The maximum Gasteiger partial charge on any atom is 0.162 e. The molecule has 2 aromatic rings. The maximum atomic E-state index is 13.6. The van der Waals surface area contributed by atoms with E-state index in [2.05, 4.69) is 47.1 Å². The third-order valence-corrected chi connectivity index (χ3v) is 4.09. The SMILES string of the molecule is CNc1nc(-c2ccc(Br)c(F)c2)nc(COC)c1Br. The molecule has 0 saturated carbocycles. The van der Waals surface area contributed by atoms with Crippen molar-refractivity contribution in [2.45, 2.75) is 6.61 Å². The first-order valence-electron chi connectivity index (χ1n) is 5.75. The zero-order chi connectivity index (χ0) is 14.7. The first-order chi connectivity index (χ1) is 9.56. The van der Waals surface area contributed by atoms with Crippen molar-refractivity contribution in [1.29, 1.82) is 0 Å². The van der Waals surface area contributed by atoms with E-state index in [1.165, 1.54) is 6.07 Å². The monoisotopic (exact) mass is 403 g/mol. The molecular weight excluding hydrogens is 393 g/mol. The summed E-state index contributed by atoms with van der Waals surface area (Å²) in [6.07, 6.45) is 0. The van der Waals surface area contributed by atoms with Gasteiger partial charge in [0.2, 0.25) is 0 Å². The summed E-state index contributed by atoms with van der Waals surface area (Å²) in [4.78, 5) is 8.77. The third kappa shape index (κ3) is 3.16. The van der Waals surface area contributed by atoms with Gasteiger partial charge in [-0.1, -0.05) is 0 Å². The van der Waals surface area contributed by atoms with Gasteiger partial charge in [0.05, 0.1) is 21.2 Å². The molecule has 7 heteroatoms. The van der Waals surface area contributed by atoms with Crippen molar-refractivity contribution in [2.75, 3.05) is 19.5 Å². The Labute approximate surface area is 133 Å². The van der Waals surface area contributed by atoms with Crippen molar-refractivity contribution in [1.82, 2.24) is 9.97 Å². The third-order valence-electron chi connectivity index (χ3n) is 2.62. The summed E-state index contributed by atoms with van der Waals surface area (Å²) >= 11 is 6.55. The Morgan fingerprint density at radius 2 is 2.05 bits per heavy atom. The minimum Gasteiger partial charge on any atom is -0.378 e. The predicted octanol–water partition coefficient (Wildman–Crippen LogP) is 4.00. The van der Waals surface area contributed by atoms with Crippen molar-refractivity contribution < 1.29 is 9.13 Å². The lowest BCUT2D eigenvalue weighted by atomic mass is 10.2. The van der Waals surface area contributed by atoms with Gasteiger partial charge in [-0.3, -0.25) is 0 Å². The Bertz CT molecular complexity index is 637. The van der Waals surface area contributed by atoms with Gasteiger partial charge in [-0.05, 0) is 50.1 Å². The molecule has 106 valence electrons. The van der Waals surface area contributed by atoms with Crippen LogP contribution in [0.5, 0.6) is 0 Å². The summed E-state index contributed by atoms with van der Waals surface area (Å²) in [6, 6.07) is 4.78. The van der Waals surface area contributed by atoms with Crippen LogP contribution in [0.4, 0.5) is 10.2 Å². The topological polar surface area (TPSA) is 47.0 Å². The Kier molecular flexibility index (Phi) is 5.06. The number of nitrogens with one attached hydrogen (secondary N) is 1. The summed E-state index contributed by atoms with van der Waals surface area (Å²) in [7, 11) is 3.35. The molecule has 0 saturated heterocycles. The van der Waals surface area contributed by atoms with E-state index < -0.39 is 0 Å². The molecule has 1 N–H and O–H groups in total. The van der Waals surface area contributed by atoms with Crippen LogP contribution >= 0.6 is 31.9 Å². The van der Waals surface area contributed by atoms with E-state index in [4.69, 9.17) is 4.74 Å². The molecule has 0 spiro atoms. The fourth-order valence-corrected chi connectivity index (χ4v) is 2.39. The molecule has 2 rings (SSSR count). The molecule has 0 aliphatic carbocycles. The molecule has 0 atom stereocenters. The highest BCUT2D eigenvalue weighted by Gasteiger charge is 2.13. The second-order valence-corrected chi connectivity index (χ2v) is 5.62. The van der Waals surface area contributed by atoms with Crippen molar-refractivity contribution in [3.63, 3.8) is 0 Å². The number of halogens is 3.